The van der Waals surface area contributed by atoms with Gasteiger partial charge in [0.15, 0.2) is 0 Å². The third-order valence-electron chi connectivity index (χ3n) is 3.18. The average molecular weight is 229 g/mol. The van der Waals surface area contributed by atoms with E-state index in [1.165, 1.54) is 16.7 Å². The van der Waals surface area contributed by atoms with E-state index in [2.05, 4.69) is 32.0 Å². The topological polar surface area (TPSA) is 39.2 Å². The van der Waals surface area contributed by atoms with Crippen molar-refractivity contribution in [3.05, 3.63) is 58.5 Å². The lowest BCUT2D eigenvalue weighted by atomic mass is 9.97. The van der Waals surface area contributed by atoms with Gasteiger partial charge >= 0.3 is 0 Å². The summed E-state index contributed by atoms with van der Waals surface area (Å²) in [5.41, 5.74) is 11.2. The summed E-state index contributed by atoms with van der Waals surface area (Å²) in [5.74, 6) is 0.894. The van der Waals surface area contributed by atoms with Gasteiger partial charge in [0.1, 0.15) is 5.76 Å². The minimum Gasteiger partial charge on any atom is -0.467 e. The second-order valence-electron chi connectivity index (χ2n) is 4.71. The van der Waals surface area contributed by atoms with Gasteiger partial charge in [0, 0.05) is 0 Å². The molecule has 0 spiro atoms. The maximum Gasteiger partial charge on any atom is 0.123 e. The number of furan rings is 1. The highest BCUT2D eigenvalue weighted by atomic mass is 16.3. The van der Waals surface area contributed by atoms with Crippen LogP contribution < -0.4 is 5.73 Å². The Bertz CT molecular complexity index is 513. The quantitative estimate of drug-likeness (QED) is 0.875. The molecule has 0 amide bonds. The Morgan fingerprint density at radius 2 is 1.88 bits per heavy atom. The Labute approximate surface area is 102 Å². The van der Waals surface area contributed by atoms with Gasteiger partial charge in [-0.15, -0.1) is 0 Å². The van der Waals surface area contributed by atoms with E-state index in [1.807, 2.05) is 13.0 Å². The molecule has 2 rings (SSSR count). The van der Waals surface area contributed by atoms with Crippen LogP contribution in [0.2, 0.25) is 0 Å². The summed E-state index contributed by atoms with van der Waals surface area (Å²) in [6.45, 7) is 6.25. The molecule has 0 bridgehead atoms. The van der Waals surface area contributed by atoms with E-state index in [0.717, 1.165) is 17.7 Å². The second kappa shape index (κ2) is 4.76. The summed E-state index contributed by atoms with van der Waals surface area (Å²) in [4.78, 5) is 0. The molecule has 17 heavy (non-hydrogen) atoms. The van der Waals surface area contributed by atoms with E-state index in [0.29, 0.717) is 0 Å². The van der Waals surface area contributed by atoms with Crippen LogP contribution in [0.4, 0.5) is 0 Å². The average Bonchev–Trinajstić information content (AvgIpc) is 2.70. The Morgan fingerprint density at radius 3 is 2.53 bits per heavy atom. The standard InChI is InChI=1S/C15H19NO/c1-10-4-5-11(2)13(8-10)9-14(16)15-12(3)6-7-17-15/h4-8,14H,9,16H2,1-3H3. The third kappa shape index (κ3) is 2.59. The van der Waals surface area contributed by atoms with Crippen LogP contribution in [0.5, 0.6) is 0 Å². The molecule has 0 aliphatic rings. The zero-order valence-corrected chi connectivity index (χ0v) is 10.7. The number of nitrogens with two attached hydrogens (primary N) is 1. The van der Waals surface area contributed by atoms with Gasteiger partial charge < -0.3 is 10.2 Å². The number of benzene rings is 1. The van der Waals surface area contributed by atoms with Crippen molar-refractivity contribution in [2.45, 2.75) is 33.2 Å². The van der Waals surface area contributed by atoms with E-state index in [4.69, 9.17) is 10.2 Å². The van der Waals surface area contributed by atoms with Crippen molar-refractivity contribution >= 4 is 0 Å². The van der Waals surface area contributed by atoms with Gasteiger partial charge in [0.25, 0.3) is 0 Å². The monoisotopic (exact) mass is 229 g/mol. The fraction of sp³-hybridized carbons (Fsp3) is 0.333. The Balaban J connectivity index is 2.21. The first-order valence-corrected chi connectivity index (χ1v) is 5.93. The molecule has 0 aliphatic heterocycles. The van der Waals surface area contributed by atoms with Gasteiger partial charge in [-0.2, -0.15) is 0 Å². The predicted octanol–water partition coefficient (Wildman–Crippen LogP) is 3.45. The fourth-order valence-electron chi connectivity index (χ4n) is 2.11. The van der Waals surface area contributed by atoms with Crippen molar-refractivity contribution < 1.29 is 4.42 Å². The molecule has 1 aromatic heterocycles. The van der Waals surface area contributed by atoms with Crippen molar-refractivity contribution in [2.75, 3.05) is 0 Å². The van der Waals surface area contributed by atoms with Gasteiger partial charge in [-0.3, -0.25) is 0 Å². The Kier molecular flexibility index (Phi) is 3.34. The Hall–Kier alpha value is -1.54. The molecule has 0 saturated heterocycles. The summed E-state index contributed by atoms with van der Waals surface area (Å²) in [6, 6.07) is 8.37. The first-order chi connectivity index (χ1) is 8.08. The van der Waals surface area contributed by atoms with Crippen LogP contribution in [0.1, 0.15) is 34.1 Å². The minimum atomic E-state index is -0.0644. The van der Waals surface area contributed by atoms with Crippen molar-refractivity contribution in [1.82, 2.24) is 0 Å². The van der Waals surface area contributed by atoms with Crippen molar-refractivity contribution in [1.29, 1.82) is 0 Å². The largest absolute Gasteiger partial charge is 0.467 e. The number of hydrogen-bond donors (Lipinski definition) is 1. The van der Waals surface area contributed by atoms with Crippen molar-refractivity contribution in [3.8, 4) is 0 Å². The maximum absolute atomic E-state index is 6.20. The molecule has 2 N–H and O–H groups in total. The van der Waals surface area contributed by atoms with Crippen LogP contribution in [0.25, 0.3) is 0 Å². The highest BCUT2D eigenvalue weighted by molar-refractivity contribution is 5.32. The van der Waals surface area contributed by atoms with E-state index >= 15 is 0 Å². The van der Waals surface area contributed by atoms with Gasteiger partial charge in [-0.1, -0.05) is 23.8 Å². The Morgan fingerprint density at radius 1 is 1.12 bits per heavy atom. The van der Waals surface area contributed by atoms with E-state index < -0.39 is 0 Å². The second-order valence-corrected chi connectivity index (χ2v) is 4.71. The van der Waals surface area contributed by atoms with Crippen molar-refractivity contribution in [2.24, 2.45) is 5.73 Å². The summed E-state index contributed by atoms with van der Waals surface area (Å²) < 4.78 is 5.44. The highest BCUT2D eigenvalue weighted by Gasteiger charge is 2.14. The smallest absolute Gasteiger partial charge is 0.123 e. The van der Waals surface area contributed by atoms with E-state index in [9.17, 15) is 0 Å². The molecule has 1 atom stereocenters. The molecule has 2 aromatic rings. The highest BCUT2D eigenvalue weighted by Crippen LogP contribution is 2.22. The van der Waals surface area contributed by atoms with Gasteiger partial charge in [-0.25, -0.2) is 0 Å². The summed E-state index contributed by atoms with van der Waals surface area (Å²) in [6.07, 6.45) is 2.52. The van der Waals surface area contributed by atoms with Crippen LogP contribution in [0, 0.1) is 20.8 Å². The lowest BCUT2D eigenvalue weighted by Gasteiger charge is -2.13. The van der Waals surface area contributed by atoms with Gasteiger partial charge in [0.2, 0.25) is 0 Å². The molecule has 0 saturated carbocycles. The number of aryl methyl sites for hydroxylation is 3. The minimum absolute atomic E-state index is 0.0644. The molecule has 0 radical (unpaired) electrons. The molecule has 1 unspecified atom stereocenters. The van der Waals surface area contributed by atoms with Crippen molar-refractivity contribution in [3.63, 3.8) is 0 Å². The molecular formula is C15H19NO. The molecule has 1 heterocycles. The first kappa shape index (κ1) is 11.9. The van der Waals surface area contributed by atoms with Gasteiger partial charge in [-0.05, 0) is 49.9 Å². The fourth-order valence-corrected chi connectivity index (χ4v) is 2.11. The lowest BCUT2D eigenvalue weighted by molar-refractivity contribution is 0.461. The maximum atomic E-state index is 6.20. The molecule has 0 aliphatic carbocycles. The van der Waals surface area contributed by atoms with Crippen LogP contribution in [0.15, 0.2) is 34.9 Å². The molecule has 0 fully saturated rings. The molecule has 2 heteroatoms. The predicted molar refractivity (Wildman–Crippen MR) is 70.0 cm³/mol. The first-order valence-electron chi connectivity index (χ1n) is 5.93. The zero-order chi connectivity index (χ0) is 12.4. The zero-order valence-electron chi connectivity index (χ0n) is 10.7. The van der Waals surface area contributed by atoms with Crippen LogP contribution in [-0.2, 0) is 6.42 Å². The summed E-state index contributed by atoms with van der Waals surface area (Å²) >= 11 is 0. The number of rotatable bonds is 3. The summed E-state index contributed by atoms with van der Waals surface area (Å²) in [5, 5.41) is 0. The molecular weight excluding hydrogens is 210 g/mol. The number of hydrogen-bond acceptors (Lipinski definition) is 2. The van der Waals surface area contributed by atoms with Crippen LogP contribution >= 0.6 is 0 Å². The van der Waals surface area contributed by atoms with Crippen LogP contribution in [-0.4, -0.2) is 0 Å². The van der Waals surface area contributed by atoms with Crippen LogP contribution in [0.3, 0.4) is 0 Å². The molecule has 90 valence electrons. The summed E-state index contributed by atoms with van der Waals surface area (Å²) in [7, 11) is 0. The molecule has 2 nitrogen and oxygen atoms in total. The van der Waals surface area contributed by atoms with E-state index in [1.54, 1.807) is 6.26 Å². The third-order valence-corrected chi connectivity index (χ3v) is 3.18. The van der Waals surface area contributed by atoms with Gasteiger partial charge in [0.05, 0.1) is 12.3 Å². The molecule has 1 aromatic carbocycles. The van der Waals surface area contributed by atoms with E-state index in [-0.39, 0.29) is 6.04 Å². The SMILES string of the molecule is Cc1ccc(C)c(CC(N)c2occc2C)c1. The normalized spacial score (nSPS) is 12.7. The lowest BCUT2D eigenvalue weighted by Crippen LogP contribution is -2.14.